The fourth-order valence-corrected chi connectivity index (χ4v) is 4.11. The molecule has 1 aromatic carbocycles. The van der Waals surface area contributed by atoms with Gasteiger partial charge in [0.2, 0.25) is 11.8 Å². The van der Waals surface area contributed by atoms with Crippen LogP contribution in [-0.2, 0) is 20.5 Å². The molecule has 0 saturated carbocycles. The zero-order chi connectivity index (χ0) is 17.5. The first-order valence-corrected chi connectivity index (χ1v) is 7.52. The van der Waals surface area contributed by atoms with E-state index in [4.69, 9.17) is 4.74 Å². The summed E-state index contributed by atoms with van der Waals surface area (Å²) in [6.07, 6.45) is -1.02. The summed E-state index contributed by atoms with van der Waals surface area (Å²) in [5, 5.41) is 0. The van der Waals surface area contributed by atoms with Crippen molar-refractivity contribution in [2.45, 2.75) is 31.2 Å². The van der Waals surface area contributed by atoms with Gasteiger partial charge in [-0.15, -0.1) is 0 Å². The van der Waals surface area contributed by atoms with Crippen LogP contribution in [0.3, 0.4) is 0 Å². The lowest BCUT2D eigenvalue weighted by Crippen LogP contribution is -2.39. The Kier molecular flexibility index (Phi) is 2.74. The number of benzene rings is 1. The highest BCUT2D eigenvalue weighted by atomic mass is 19.4. The lowest BCUT2D eigenvalue weighted by atomic mass is 9.73. The van der Waals surface area contributed by atoms with Gasteiger partial charge in [0.1, 0.15) is 0 Å². The average Bonchev–Trinajstić information content (AvgIpc) is 3.03. The fraction of sp³-hybridized carbons (Fsp3) is 0.412. The van der Waals surface area contributed by atoms with E-state index in [2.05, 4.69) is 0 Å². The third-order valence-corrected chi connectivity index (χ3v) is 5.16. The van der Waals surface area contributed by atoms with Crippen molar-refractivity contribution in [1.29, 1.82) is 0 Å². The first-order valence-electron chi connectivity index (χ1n) is 7.52. The van der Waals surface area contributed by atoms with Gasteiger partial charge in [-0.05, 0) is 32.0 Å². The van der Waals surface area contributed by atoms with Crippen molar-refractivity contribution in [2.24, 2.45) is 11.8 Å². The molecule has 0 aliphatic carbocycles. The first-order chi connectivity index (χ1) is 11.1. The van der Waals surface area contributed by atoms with Crippen LogP contribution in [0.15, 0.2) is 36.4 Å². The van der Waals surface area contributed by atoms with Gasteiger partial charge >= 0.3 is 6.18 Å². The Morgan fingerprint density at radius 3 is 2.08 bits per heavy atom. The number of carbonyl (C=O) groups excluding carboxylic acids is 2. The second kappa shape index (κ2) is 4.27. The molecule has 7 heteroatoms. The smallest absolute Gasteiger partial charge is 0.359 e. The van der Waals surface area contributed by atoms with E-state index < -0.39 is 46.6 Å². The molecule has 3 heterocycles. The van der Waals surface area contributed by atoms with Crippen LogP contribution in [-0.4, -0.2) is 23.0 Å². The van der Waals surface area contributed by atoms with E-state index in [1.165, 1.54) is 12.1 Å². The van der Waals surface area contributed by atoms with Crippen LogP contribution in [0, 0.1) is 11.8 Å². The number of hydrogen-bond donors (Lipinski definition) is 0. The summed E-state index contributed by atoms with van der Waals surface area (Å²) in [5.74, 6) is -2.45. The van der Waals surface area contributed by atoms with E-state index in [1.54, 1.807) is 26.0 Å². The number of amides is 2. The molecule has 2 saturated heterocycles. The summed E-state index contributed by atoms with van der Waals surface area (Å²) in [6, 6.07) is 4.27. The fourth-order valence-electron chi connectivity index (χ4n) is 4.11. The Balaban J connectivity index is 1.78. The average molecular weight is 337 g/mol. The second-order valence-electron chi connectivity index (χ2n) is 6.82. The summed E-state index contributed by atoms with van der Waals surface area (Å²) in [5.41, 5.74) is -2.75. The Bertz CT molecular complexity index is 767. The molecule has 2 bridgehead atoms. The van der Waals surface area contributed by atoms with Crippen LogP contribution in [0.5, 0.6) is 0 Å². The molecule has 2 amide bonds. The SMILES string of the molecule is CC12C=C[C@@](C)(O1)[C@H]1C(=O)N(c3cccc(C(F)(F)F)c3)C(=O)[C@H]12. The number of carbonyl (C=O) groups is 2. The predicted octanol–water partition coefficient (Wildman–Crippen LogP) is 2.93. The van der Waals surface area contributed by atoms with Gasteiger partial charge in [0.25, 0.3) is 0 Å². The van der Waals surface area contributed by atoms with Gasteiger partial charge in [-0.25, -0.2) is 4.90 Å². The van der Waals surface area contributed by atoms with Crippen molar-refractivity contribution >= 4 is 17.5 Å². The second-order valence-corrected chi connectivity index (χ2v) is 6.82. The molecule has 0 aromatic heterocycles. The Morgan fingerprint density at radius 2 is 1.58 bits per heavy atom. The van der Waals surface area contributed by atoms with Crippen LogP contribution in [0.1, 0.15) is 19.4 Å². The van der Waals surface area contributed by atoms with E-state index in [0.29, 0.717) is 0 Å². The molecule has 2 fully saturated rings. The van der Waals surface area contributed by atoms with Crippen molar-refractivity contribution in [1.82, 2.24) is 0 Å². The highest BCUT2D eigenvalue weighted by molar-refractivity contribution is 6.23. The van der Waals surface area contributed by atoms with Gasteiger partial charge in [-0.2, -0.15) is 13.2 Å². The Labute approximate surface area is 135 Å². The van der Waals surface area contributed by atoms with Crippen molar-refractivity contribution in [2.75, 3.05) is 4.90 Å². The zero-order valence-corrected chi connectivity index (χ0v) is 12.9. The highest BCUT2D eigenvalue weighted by Crippen LogP contribution is 2.57. The molecule has 0 N–H and O–H groups in total. The van der Waals surface area contributed by atoms with Crippen molar-refractivity contribution < 1.29 is 27.5 Å². The molecule has 24 heavy (non-hydrogen) atoms. The van der Waals surface area contributed by atoms with Crippen LogP contribution in [0.4, 0.5) is 18.9 Å². The minimum Gasteiger partial charge on any atom is -0.359 e. The molecular formula is C17H14F3NO3. The topological polar surface area (TPSA) is 46.6 Å². The summed E-state index contributed by atoms with van der Waals surface area (Å²) in [7, 11) is 0. The molecule has 4 rings (SSSR count). The molecule has 4 atom stereocenters. The van der Waals surface area contributed by atoms with E-state index in [-0.39, 0.29) is 5.69 Å². The van der Waals surface area contributed by atoms with Gasteiger partial charge in [0.05, 0.1) is 34.3 Å². The quantitative estimate of drug-likeness (QED) is 0.585. The molecule has 0 spiro atoms. The first kappa shape index (κ1) is 15.4. The van der Waals surface area contributed by atoms with E-state index in [1.807, 2.05) is 0 Å². The zero-order valence-electron chi connectivity index (χ0n) is 12.9. The van der Waals surface area contributed by atoms with Crippen LogP contribution in [0.25, 0.3) is 0 Å². The summed E-state index contributed by atoms with van der Waals surface area (Å²) in [6.45, 7) is 3.44. The third kappa shape index (κ3) is 1.79. The van der Waals surface area contributed by atoms with E-state index >= 15 is 0 Å². The number of halogens is 3. The third-order valence-electron chi connectivity index (χ3n) is 5.16. The number of nitrogens with zero attached hydrogens (tertiary/aromatic N) is 1. The van der Waals surface area contributed by atoms with Gasteiger partial charge in [0, 0.05) is 0 Å². The van der Waals surface area contributed by atoms with Crippen molar-refractivity contribution in [3.8, 4) is 0 Å². The maximum Gasteiger partial charge on any atom is 0.416 e. The minimum absolute atomic E-state index is 0.0548. The molecule has 126 valence electrons. The molecular weight excluding hydrogens is 323 g/mol. The van der Waals surface area contributed by atoms with Gasteiger partial charge < -0.3 is 4.74 Å². The molecule has 3 aliphatic heterocycles. The van der Waals surface area contributed by atoms with Gasteiger partial charge in [-0.3, -0.25) is 9.59 Å². The minimum atomic E-state index is -4.54. The maximum absolute atomic E-state index is 12.9. The maximum atomic E-state index is 12.9. The van der Waals surface area contributed by atoms with Crippen LogP contribution in [0.2, 0.25) is 0 Å². The molecule has 1 aromatic rings. The van der Waals surface area contributed by atoms with Crippen LogP contribution >= 0.6 is 0 Å². The number of imide groups is 1. The summed E-state index contributed by atoms with van der Waals surface area (Å²) < 4.78 is 44.6. The molecule has 1 unspecified atom stereocenters. The molecule has 4 nitrogen and oxygen atoms in total. The number of alkyl halides is 3. The number of rotatable bonds is 1. The van der Waals surface area contributed by atoms with Crippen LogP contribution < -0.4 is 4.90 Å². The number of ether oxygens (including phenoxy) is 1. The lowest BCUT2D eigenvalue weighted by Gasteiger charge is -2.25. The Morgan fingerprint density at radius 1 is 1.04 bits per heavy atom. The normalized spacial score (nSPS) is 37.5. The van der Waals surface area contributed by atoms with Gasteiger partial charge in [-0.1, -0.05) is 18.2 Å². The van der Waals surface area contributed by atoms with Gasteiger partial charge in [0.15, 0.2) is 0 Å². The summed E-state index contributed by atoms with van der Waals surface area (Å²) in [4.78, 5) is 26.5. The lowest BCUT2D eigenvalue weighted by molar-refractivity contribution is -0.138. The largest absolute Gasteiger partial charge is 0.416 e. The number of anilines is 1. The molecule has 3 aliphatic rings. The number of hydrogen-bond acceptors (Lipinski definition) is 3. The van der Waals surface area contributed by atoms with Crippen molar-refractivity contribution in [3.63, 3.8) is 0 Å². The summed E-state index contributed by atoms with van der Waals surface area (Å²) >= 11 is 0. The standard InChI is InChI=1S/C17H14F3NO3/c1-15-6-7-16(2,24-15)12-11(15)13(22)21(14(12)23)10-5-3-4-9(8-10)17(18,19)20/h3-8,11-12H,1-2H3/t11-,12+,15-,16?/m1/s1. The predicted molar refractivity (Wildman–Crippen MR) is 78.0 cm³/mol. The van der Waals surface area contributed by atoms with E-state index in [9.17, 15) is 22.8 Å². The van der Waals surface area contributed by atoms with E-state index in [0.717, 1.165) is 17.0 Å². The van der Waals surface area contributed by atoms with Crippen molar-refractivity contribution in [3.05, 3.63) is 42.0 Å². The molecule has 0 radical (unpaired) electrons. The highest BCUT2D eigenvalue weighted by Gasteiger charge is 2.70. The number of fused-ring (bicyclic) bond motifs is 5. The Hall–Kier alpha value is -2.15. The monoisotopic (exact) mass is 337 g/mol.